The Morgan fingerprint density at radius 1 is 1.33 bits per heavy atom. The van der Waals surface area contributed by atoms with Gasteiger partial charge in [0.15, 0.2) is 0 Å². The van der Waals surface area contributed by atoms with Crippen LogP contribution in [-0.4, -0.2) is 27.7 Å². The number of carbonyl (C=O) groups excluding carboxylic acids is 1. The molecule has 0 aliphatic heterocycles. The van der Waals surface area contributed by atoms with Crippen molar-refractivity contribution in [1.29, 1.82) is 0 Å². The number of aryl methyl sites for hydroxylation is 1. The van der Waals surface area contributed by atoms with E-state index in [-0.39, 0.29) is 29.7 Å². The normalized spacial score (nSPS) is 10.8. The summed E-state index contributed by atoms with van der Waals surface area (Å²) in [6.07, 6.45) is 0. The van der Waals surface area contributed by atoms with Gasteiger partial charge in [-0.1, -0.05) is 5.16 Å². The Morgan fingerprint density at radius 2 is 2.12 bits per heavy atom. The predicted molar refractivity (Wildman–Crippen MR) is 79.9 cm³/mol. The molecule has 3 rings (SSSR count). The molecule has 0 bridgehead atoms. The molecule has 2 heterocycles. The molecule has 0 amide bonds. The van der Waals surface area contributed by atoms with Crippen LogP contribution in [0.15, 0.2) is 22.7 Å². The number of anilines is 2. The molecule has 0 fully saturated rings. The molecule has 0 radical (unpaired) electrons. The first-order valence-corrected chi connectivity index (χ1v) is 7.02. The second-order valence-electron chi connectivity index (χ2n) is 4.81. The lowest BCUT2D eigenvalue weighted by atomic mass is 10.2. The highest BCUT2D eigenvalue weighted by Crippen LogP contribution is 2.28. The summed E-state index contributed by atoms with van der Waals surface area (Å²) >= 11 is 0. The third-order valence-corrected chi connectivity index (χ3v) is 3.15. The maximum absolute atomic E-state index is 13.9. The van der Waals surface area contributed by atoms with E-state index in [9.17, 15) is 13.6 Å². The maximum Gasteiger partial charge on any atom is 0.376 e. The molecule has 0 spiro atoms. The fraction of sp³-hybridized carbons (Fsp3) is 0.200. The third-order valence-electron chi connectivity index (χ3n) is 3.15. The zero-order chi connectivity index (χ0) is 17.3. The zero-order valence-electron chi connectivity index (χ0n) is 12.8. The fourth-order valence-electron chi connectivity index (χ4n) is 2.09. The van der Waals surface area contributed by atoms with Gasteiger partial charge in [0.05, 0.1) is 18.0 Å². The summed E-state index contributed by atoms with van der Waals surface area (Å²) < 4.78 is 36.8. The zero-order valence-corrected chi connectivity index (χ0v) is 12.8. The first-order chi connectivity index (χ1) is 11.5. The number of rotatable bonds is 4. The molecule has 124 valence electrons. The molecule has 7 nitrogen and oxygen atoms in total. The van der Waals surface area contributed by atoms with Gasteiger partial charge in [0.1, 0.15) is 22.8 Å². The van der Waals surface area contributed by atoms with Crippen molar-refractivity contribution in [1.82, 2.24) is 15.1 Å². The van der Waals surface area contributed by atoms with Crippen molar-refractivity contribution in [2.75, 3.05) is 11.9 Å². The fourth-order valence-corrected chi connectivity index (χ4v) is 2.09. The molecule has 9 heteroatoms. The van der Waals surface area contributed by atoms with Crippen molar-refractivity contribution >= 4 is 28.6 Å². The molecule has 2 aromatic heterocycles. The van der Waals surface area contributed by atoms with Crippen molar-refractivity contribution in [2.45, 2.75) is 13.8 Å². The molecule has 3 aromatic rings. The summed E-state index contributed by atoms with van der Waals surface area (Å²) in [4.78, 5) is 19.8. The largest absolute Gasteiger partial charge is 0.460 e. The molecule has 0 saturated carbocycles. The highest BCUT2D eigenvalue weighted by Gasteiger charge is 2.20. The molecule has 1 N–H and O–H groups in total. The molecule has 0 aliphatic carbocycles. The molecule has 1 aromatic carbocycles. The summed E-state index contributed by atoms with van der Waals surface area (Å²) in [5.74, 6) is -2.43. The Balaban J connectivity index is 2.10. The minimum Gasteiger partial charge on any atom is -0.460 e. The molecule has 0 saturated heterocycles. The van der Waals surface area contributed by atoms with Crippen LogP contribution in [0.25, 0.3) is 11.1 Å². The van der Waals surface area contributed by atoms with Gasteiger partial charge in [-0.15, -0.1) is 0 Å². The number of esters is 1. The lowest BCUT2D eigenvalue weighted by molar-refractivity contribution is 0.0512. The number of halogens is 2. The third kappa shape index (κ3) is 2.87. The van der Waals surface area contributed by atoms with E-state index in [0.717, 1.165) is 12.1 Å². The Labute approximate surface area is 134 Å². The van der Waals surface area contributed by atoms with Crippen LogP contribution in [0.3, 0.4) is 0 Å². The summed E-state index contributed by atoms with van der Waals surface area (Å²) in [6, 6.07) is 3.04. The van der Waals surface area contributed by atoms with Gasteiger partial charge < -0.3 is 14.6 Å². The SMILES string of the molecule is CCOC(=O)c1nc(Nc2ccc(F)cc2F)c2c(C)noc2n1. The van der Waals surface area contributed by atoms with E-state index in [0.29, 0.717) is 11.1 Å². The Bertz CT molecular complexity index is 926. The molecule has 0 atom stereocenters. The van der Waals surface area contributed by atoms with Gasteiger partial charge in [-0.25, -0.2) is 18.6 Å². The van der Waals surface area contributed by atoms with E-state index in [1.807, 2.05) is 0 Å². The molecule has 0 unspecified atom stereocenters. The van der Waals surface area contributed by atoms with E-state index in [2.05, 4.69) is 20.4 Å². The Kier molecular flexibility index (Phi) is 4.07. The average Bonchev–Trinajstić information content (AvgIpc) is 2.92. The van der Waals surface area contributed by atoms with Gasteiger partial charge in [-0.3, -0.25) is 0 Å². The first kappa shape index (κ1) is 15.8. The second-order valence-corrected chi connectivity index (χ2v) is 4.81. The number of carbonyl (C=O) groups is 1. The van der Waals surface area contributed by atoms with Crippen molar-refractivity contribution in [3.63, 3.8) is 0 Å². The van der Waals surface area contributed by atoms with Gasteiger partial charge in [0.25, 0.3) is 5.71 Å². The molecule has 0 aliphatic rings. The number of aromatic nitrogens is 3. The topological polar surface area (TPSA) is 90.1 Å². The number of hydrogen-bond donors (Lipinski definition) is 1. The van der Waals surface area contributed by atoms with Crippen LogP contribution >= 0.6 is 0 Å². The average molecular weight is 334 g/mol. The van der Waals surface area contributed by atoms with Gasteiger partial charge in [0, 0.05) is 6.07 Å². The quantitative estimate of drug-likeness (QED) is 0.733. The standard InChI is InChI=1S/C15H12F2N4O3/c1-3-23-15(22)13-19-12(11-7(2)21-24-14(11)20-13)18-10-5-4-8(16)6-9(10)17/h4-6H,3H2,1-2H3,(H,18,19,20). The highest BCUT2D eigenvalue weighted by atomic mass is 19.1. The lowest BCUT2D eigenvalue weighted by Crippen LogP contribution is -2.11. The smallest absolute Gasteiger partial charge is 0.376 e. The van der Waals surface area contributed by atoms with Crippen molar-refractivity contribution in [2.24, 2.45) is 0 Å². The number of fused-ring (bicyclic) bond motifs is 1. The van der Waals surface area contributed by atoms with Crippen molar-refractivity contribution < 1.29 is 22.8 Å². The van der Waals surface area contributed by atoms with Gasteiger partial charge in [0.2, 0.25) is 5.82 Å². The van der Waals surface area contributed by atoms with Crippen LogP contribution in [0.4, 0.5) is 20.3 Å². The van der Waals surface area contributed by atoms with E-state index in [4.69, 9.17) is 9.26 Å². The van der Waals surface area contributed by atoms with Crippen molar-refractivity contribution in [3.8, 4) is 0 Å². The molecule has 24 heavy (non-hydrogen) atoms. The number of benzene rings is 1. The van der Waals surface area contributed by atoms with Gasteiger partial charge in [-0.05, 0) is 26.0 Å². The van der Waals surface area contributed by atoms with Crippen LogP contribution in [-0.2, 0) is 4.74 Å². The van der Waals surface area contributed by atoms with Crippen LogP contribution in [0.1, 0.15) is 23.2 Å². The highest BCUT2D eigenvalue weighted by molar-refractivity contribution is 5.94. The van der Waals surface area contributed by atoms with Crippen LogP contribution in [0.5, 0.6) is 0 Å². The Morgan fingerprint density at radius 3 is 2.83 bits per heavy atom. The maximum atomic E-state index is 13.9. The number of ether oxygens (including phenoxy) is 1. The van der Waals surface area contributed by atoms with E-state index in [1.54, 1.807) is 13.8 Å². The predicted octanol–water partition coefficient (Wildman–Crippen LogP) is 3.12. The molecular weight excluding hydrogens is 322 g/mol. The van der Waals surface area contributed by atoms with Crippen LogP contribution in [0.2, 0.25) is 0 Å². The minimum absolute atomic E-state index is 0.0215. The number of nitrogens with one attached hydrogen (secondary N) is 1. The summed E-state index contributed by atoms with van der Waals surface area (Å²) in [7, 11) is 0. The van der Waals surface area contributed by atoms with Crippen molar-refractivity contribution in [3.05, 3.63) is 41.4 Å². The molecular formula is C15H12F2N4O3. The summed E-state index contributed by atoms with van der Waals surface area (Å²) in [5.41, 5.74) is 0.479. The van der Waals surface area contributed by atoms with E-state index >= 15 is 0 Å². The van der Waals surface area contributed by atoms with E-state index in [1.165, 1.54) is 6.07 Å². The Hall–Kier alpha value is -3.10. The lowest BCUT2D eigenvalue weighted by Gasteiger charge is -2.09. The number of hydrogen-bond acceptors (Lipinski definition) is 7. The monoisotopic (exact) mass is 334 g/mol. The number of nitrogens with zero attached hydrogens (tertiary/aromatic N) is 3. The van der Waals surface area contributed by atoms with Gasteiger partial charge >= 0.3 is 5.97 Å². The summed E-state index contributed by atoms with van der Waals surface area (Å²) in [5, 5.41) is 6.85. The van der Waals surface area contributed by atoms with Crippen LogP contribution < -0.4 is 5.32 Å². The van der Waals surface area contributed by atoms with E-state index < -0.39 is 17.6 Å². The van der Waals surface area contributed by atoms with Gasteiger partial charge in [-0.2, -0.15) is 4.98 Å². The minimum atomic E-state index is -0.812. The second kappa shape index (κ2) is 6.19. The van der Waals surface area contributed by atoms with Crippen LogP contribution in [0, 0.1) is 18.6 Å². The summed E-state index contributed by atoms with van der Waals surface area (Å²) in [6.45, 7) is 3.43. The first-order valence-electron chi connectivity index (χ1n) is 7.02.